The van der Waals surface area contributed by atoms with Crippen LogP contribution in [0.3, 0.4) is 0 Å². The van der Waals surface area contributed by atoms with Crippen LogP contribution in [0.1, 0.15) is 11.3 Å². The summed E-state index contributed by atoms with van der Waals surface area (Å²) in [6.45, 7) is 2.57. The minimum Gasteiger partial charge on any atom is -0.370 e. The Kier molecular flexibility index (Phi) is 4.91. The molecule has 0 fully saturated rings. The minimum atomic E-state index is -0.495. The molecule has 1 aromatic heterocycles. The molecule has 0 spiro atoms. The van der Waals surface area contributed by atoms with E-state index in [1.54, 1.807) is 12.1 Å². The van der Waals surface area contributed by atoms with Crippen molar-refractivity contribution in [3.63, 3.8) is 0 Å². The fraction of sp³-hybridized carbons (Fsp3) is 0.364. The summed E-state index contributed by atoms with van der Waals surface area (Å²) in [4.78, 5) is 14.6. The predicted octanol–water partition coefficient (Wildman–Crippen LogP) is 0.175. The van der Waals surface area contributed by atoms with Crippen molar-refractivity contribution in [1.82, 2.24) is 4.98 Å². The SMILES string of the molecule is Cc1cc(C#N)cc(NCCOCC(N)=O)n1. The first-order chi connectivity index (χ1) is 8.11. The van der Waals surface area contributed by atoms with Crippen molar-refractivity contribution in [3.05, 3.63) is 23.4 Å². The van der Waals surface area contributed by atoms with Gasteiger partial charge >= 0.3 is 0 Å². The Morgan fingerprint density at radius 2 is 2.41 bits per heavy atom. The number of pyridine rings is 1. The van der Waals surface area contributed by atoms with Gasteiger partial charge in [0.05, 0.1) is 18.2 Å². The van der Waals surface area contributed by atoms with Crippen molar-refractivity contribution in [2.24, 2.45) is 5.73 Å². The Balaban J connectivity index is 2.39. The number of carbonyl (C=O) groups is 1. The van der Waals surface area contributed by atoms with E-state index < -0.39 is 5.91 Å². The van der Waals surface area contributed by atoms with Crippen LogP contribution in [0, 0.1) is 18.3 Å². The summed E-state index contributed by atoms with van der Waals surface area (Å²) in [7, 11) is 0. The molecule has 3 N–H and O–H groups in total. The fourth-order valence-corrected chi connectivity index (χ4v) is 1.25. The molecule has 0 saturated heterocycles. The molecule has 6 heteroatoms. The van der Waals surface area contributed by atoms with E-state index in [2.05, 4.69) is 16.4 Å². The van der Waals surface area contributed by atoms with Crippen molar-refractivity contribution in [2.75, 3.05) is 25.1 Å². The van der Waals surface area contributed by atoms with Crippen molar-refractivity contribution in [2.45, 2.75) is 6.92 Å². The topological polar surface area (TPSA) is 101 Å². The zero-order valence-electron chi connectivity index (χ0n) is 9.56. The summed E-state index contributed by atoms with van der Waals surface area (Å²) >= 11 is 0. The van der Waals surface area contributed by atoms with Crippen LogP contribution >= 0.6 is 0 Å². The van der Waals surface area contributed by atoms with Gasteiger partial charge in [0.1, 0.15) is 12.4 Å². The van der Waals surface area contributed by atoms with Gasteiger partial charge in [0.2, 0.25) is 5.91 Å². The number of hydrogen-bond acceptors (Lipinski definition) is 5. The van der Waals surface area contributed by atoms with Crippen LogP contribution in [0.5, 0.6) is 0 Å². The third-order valence-electron chi connectivity index (χ3n) is 1.88. The lowest BCUT2D eigenvalue weighted by molar-refractivity contribution is -0.122. The van der Waals surface area contributed by atoms with Gasteiger partial charge in [0, 0.05) is 12.2 Å². The standard InChI is InChI=1S/C11H14N4O2/c1-8-4-9(6-12)5-11(15-8)14-2-3-17-7-10(13)16/h4-5H,2-3,7H2,1H3,(H2,13,16)(H,14,15). The lowest BCUT2D eigenvalue weighted by Gasteiger charge is -2.06. The third-order valence-corrected chi connectivity index (χ3v) is 1.88. The van der Waals surface area contributed by atoms with Crippen LogP contribution in [-0.4, -0.2) is 30.6 Å². The second kappa shape index (κ2) is 6.45. The Bertz CT molecular complexity index is 440. The summed E-state index contributed by atoms with van der Waals surface area (Å²) in [5.74, 6) is 0.120. The van der Waals surface area contributed by atoms with Gasteiger partial charge in [-0.3, -0.25) is 4.79 Å². The monoisotopic (exact) mass is 234 g/mol. The predicted molar refractivity (Wildman–Crippen MR) is 62.2 cm³/mol. The second-order valence-corrected chi connectivity index (χ2v) is 3.44. The van der Waals surface area contributed by atoms with E-state index in [9.17, 15) is 4.79 Å². The average Bonchev–Trinajstić information content (AvgIpc) is 2.27. The minimum absolute atomic E-state index is 0.0909. The molecule has 17 heavy (non-hydrogen) atoms. The van der Waals surface area contributed by atoms with Crippen LogP contribution in [0.15, 0.2) is 12.1 Å². The molecule has 0 unspecified atom stereocenters. The molecule has 1 amide bonds. The van der Waals surface area contributed by atoms with Gasteiger partial charge in [-0.1, -0.05) is 0 Å². The number of hydrogen-bond donors (Lipinski definition) is 2. The van der Waals surface area contributed by atoms with Crippen molar-refractivity contribution in [3.8, 4) is 6.07 Å². The molecule has 0 radical (unpaired) electrons. The van der Waals surface area contributed by atoms with Crippen LogP contribution in [0.2, 0.25) is 0 Å². The molecule has 0 saturated carbocycles. The molecular formula is C11H14N4O2. The lowest BCUT2D eigenvalue weighted by atomic mass is 10.2. The highest BCUT2D eigenvalue weighted by atomic mass is 16.5. The van der Waals surface area contributed by atoms with Crippen molar-refractivity contribution in [1.29, 1.82) is 5.26 Å². The maximum atomic E-state index is 10.4. The van der Waals surface area contributed by atoms with E-state index in [1.807, 2.05) is 6.92 Å². The van der Waals surface area contributed by atoms with E-state index in [-0.39, 0.29) is 6.61 Å². The number of nitriles is 1. The Hall–Kier alpha value is -2.13. The maximum Gasteiger partial charge on any atom is 0.243 e. The average molecular weight is 234 g/mol. The van der Waals surface area contributed by atoms with E-state index in [0.29, 0.717) is 24.5 Å². The molecule has 1 rings (SSSR count). The van der Waals surface area contributed by atoms with Gasteiger partial charge in [-0.25, -0.2) is 4.98 Å². The number of nitrogens with two attached hydrogens (primary N) is 1. The molecular weight excluding hydrogens is 220 g/mol. The summed E-state index contributed by atoms with van der Waals surface area (Å²) in [6.07, 6.45) is 0. The molecule has 1 heterocycles. The first kappa shape index (κ1) is 12.9. The quantitative estimate of drug-likeness (QED) is 0.683. The van der Waals surface area contributed by atoms with E-state index >= 15 is 0 Å². The molecule has 0 aliphatic carbocycles. The Morgan fingerprint density at radius 1 is 1.65 bits per heavy atom. The number of aromatic nitrogens is 1. The highest BCUT2D eigenvalue weighted by molar-refractivity contribution is 5.74. The normalized spacial score (nSPS) is 9.65. The number of primary amides is 1. The highest BCUT2D eigenvalue weighted by Crippen LogP contribution is 2.08. The summed E-state index contributed by atoms with van der Waals surface area (Å²) in [5, 5.41) is 11.8. The van der Waals surface area contributed by atoms with E-state index in [4.69, 9.17) is 15.7 Å². The van der Waals surface area contributed by atoms with Crippen LogP contribution < -0.4 is 11.1 Å². The molecule has 1 aromatic rings. The molecule has 0 aromatic carbocycles. The number of ether oxygens (including phenoxy) is 1. The van der Waals surface area contributed by atoms with Gasteiger partial charge in [-0.05, 0) is 19.1 Å². The molecule has 6 nitrogen and oxygen atoms in total. The van der Waals surface area contributed by atoms with Gasteiger partial charge in [0.25, 0.3) is 0 Å². The smallest absolute Gasteiger partial charge is 0.243 e. The van der Waals surface area contributed by atoms with E-state index in [1.165, 1.54) is 0 Å². The number of amides is 1. The summed E-state index contributed by atoms with van der Waals surface area (Å²) < 4.78 is 4.97. The summed E-state index contributed by atoms with van der Waals surface area (Å²) in [5.41, 5.74) is 6.23. The van der Waals surface area contributed by atoms with Crippen LogP contribution in [0.25, 0.3) is 0 Å². The number of anilines is 1. The molecule has 0 bridgehead atoms. The first-order valence-corrected chi connectivity index (χ1v) is 5.10. The lowest BCUT2D eigenvalue weighted by Crippen LogP contribution is -2.20. The van der Waals surface area contributed by atoms with E-state index in [0.717, 1.165) is 5.69 Å². The van der Waals surface area contributed by atoms with Crippen molar-refractivity contribution < 1.29 is 9.53 Å². The molecule has 90 valence electrons. The molecule has 0 atom stereocenters. The summed E-state index contributed by atoms with van der Waals surface area (Å²) in [6, 6.07) is 5.41. The molecule has 0 aliphatic heterocycles. The maximum absolute atomic E-state index is 10.4. The highest BCUT2D eigenvalue weighted by Gasteiger charge is 1.99. The molecule has 0 aliphatic rings. The number of aryl methyl sites for hydroxylation is 1. The Labute approximate surface area is 99.4 Å². The Morgan fingerprint density at radius 3 is 3.06 bits per heavy atom. The number of carbonyl (C=O) groups excluding carboxylic acids is 1. The zero-order valence-corrected chi connectivity index (χ0v) is 9.56. The largest absolute Gasteiger partial charge is 0.370 e. The zero-order chi connectivity index (χ0) is 12.7. The second-order valence-electron chi connectivity index (χ2n) is 3.44. The fourth-order valence-electron chi connectivity index (χ4n) is 1.25. The first-order valence-electron chi connectivity index (χ1n) is 5.10. The third kappa shape index (κ3) is 4.95. The van der Waals surface area contributed by atoms with Gasteiger partial charge in [-0.15, -0.1) is 0 Å². The van der Waals surface area contributed by atoms with Crippen LogP contribution in [0.4, 0.5) is 5.82 Å². The van der Waals surface area contributed by atoms with Gasteiger partial charge in [0.15, 0.2) is 0 Å². The van der Waals surface area contributed by atoms with Gasteiger partial charge in [-0.2, -0.15) is 5.26 Å². The number of nitrogens with one attached hydrogen (secondary N) is 1. The number of rotatable bonds is 6. The number of nitrogens with zero attached hydrogens (tertiary/aromatic N) is 2. The van der Waals surface area contributed by atoms with Crippen LogP contribution in [-0.2, 0) is 9.53 Å². The van der Waals surface area contributed by atoms with Crippen molar-refractivity contribution >= 4 is 11.7 Å². The van der Waals surface area contributed by atoms with Gasteiger partial charge < -0.3 is 15.8 Å².